The SMILES string of the molecule is CN(C)c1ccc(C(O)(c2ccc(N(C)C)cc2)C2C=CC=C3OC(C)(C)CC(O)C32)cc1. The fraction of sp³-hybridized carbons (Fsp3) is 0.429. The van der Waals surface area contributed by atoms with Crippen molar-refractivity contribution >= 4 is 11.4 Å². The van der Waals surface area contributed by atoms with Crippen molar-refractivity contribution in [2.24, 2.45) is 11.8 Å². The van der Waals surface area contributed by atoms with Gasteiger partial charge in [-0.15, -0.1) is 0 Å². The normalized spacial score (nSPS) is 23.9. The first kappa shape index (κ1) is 23.4. The minimum absolute atomic E-state index is 0.338. The lowest BCUT2D eigenvalue weighted by Gasteiger charge is -2.48. The molecule has 1 aliphatic carbocycles. The number of fused-ring (bicyclic) bond motifs is 1. The van der Waals surface area contributed by atoms with Crippen LogP contribution in [0.5, 0.6) is 0 Å². The van der Waals surface area contributed by atoms with Crippen molar-refractivity contribution in [2.45, 2.75) is 37.6 Å². The van der Waals surface area contributed by atoms with Gasteiger partial charge in [-0.25, -0.2) is 0 Å². The Kier molecular flexibility index (Phi) is 6.06. The molecule has 0 spiro atoms. The van der Waals surface area contributed by atoms with Gasteiger partial charge in [0, 0.05) is 51.9 Å². The fourth-order valence-corrected chi connectivity index (χ4v) is 5.18. The maximum Gasteiger partial charge on any atom is 0.122 e. The Bertz CT molecular complexity index is 984. The molecule has 1 fully saturated rings. The number of allylic oxidation sites excluding steroid dienone is 2. The first-order valence-electron chi connectivity index (χ1n) is 11.6. The van der Waals surface area contributed by atoms with Crippen LogP contribution in [0.15, 0.2) is 72.5 Å². The summed E-state index contributed by atoms with van der Waals surface area (Å²) in [6.07, 6.45) is 5.77. The van der Waals surface area contributed by atoms with E-state index in [-0.39, 0.29) is 11.8 Å². The van der Waals surface area contributed by atoms with Crippen LogP contribution in [0.4, 0.5) is 11.4 Å². The topological polar surface area (TPSA) is 56.2 Å². The third-order valence-electron chi connectivity index (χ3n) is 6.93. The molecule has 1 heterocycles. The zero-order chi connectivity index (χ0) is 24.0. The molecule has 2 N–H and O–H groups in total. The average Bonchev–Trinajstić information content (AvgIpc) is 2.77. The van der Waals surface area contributed by atoms with E-state index in [4.69, 9.17) is 4.74 Å². The summed E-state index contributed by atoms with van der Waals surface area (Å²) >= 11 is 0. The van der Waals surface area contributed by atoms with Gasteiger partial charge in [0.1, 0.15) is 17.0 Å². The van der Waals surface area contributed by atoms with Crippen LogP contribution in [-0.2, 0) is 10.3 Å². The summed E-state index contributed by atoms with van der Waals surface area (Å²) in [6.45, 7) is 3.99. The maximum atomic E-state index is 12.6. The van der Waals surface area contributed by atoms with Crippen LogP contribution < -0.4 is 9.80 Å². The highest BCUT2D eigenvalue weighted by Gasteiger charge is 2.51. The number of nitrogens with zero attached hydrogens (tertiary/aromatic N) is 2. The minimum atomic E-state index is -1.35. The molecule has 1 aliphatic heterocycles. The Morgan fingerprint density at radius 1 is 0.879 bits per heavy atom. The maximum absolute atomic E-state index is 12.6. The first-order valence-corrected chi connectivity index (χ1v) is 11.6. The van der Waals surface area contributed by atoms with E-state index in [1.54, 1.807) is 0 Å². The van der Waals surface area contributed by atoms with E-state index in [0.717, 1.165) is 28.3 Å². The van der Waals surface area contributed by atoms with Crippen molar-refractivity contribution in [3.05, 3.63) is 83.6 Å². The van der Waals surface area contributed by atoms with Gasteiger partial charge in [0.05, 0.1) is 12.0 Å². The van der Waals surface area contributed by atoms with Gasteiger partial charge in [-0.2, -0.15) is 0 Å². The van der Waals surface area contributed by atoms with Crippen molar-refractivity contribution in [2.75, 3.05) is 38.0 Å². The highest BCUT2D eigenvalue weighted by Crippen LogP contribution is 2.50. The lowest BCUT2D eigenvalue weighted by atomic mass is 9.65. The van der Waals surface area contributed by atoms with Crippen molar-refractivity contribution < 1.29 is 14.9 Å². The van der Waals surface area contributed by atoms with E-state index >= 15 is 0 Å². The smallest absolute Gasteiger partial charge is 0.122 e. The third kappa shape index (κ3) is 4.28. The number of aliphatic hydroxyl groups is 2. The lowest BCUT2D eigenvalue weighted by molar-refractivity contribution is -0.117. The van der Waals surface area contributed by atoms with Gasteiger partial charge in [-0.3, -0.25) is 0 Å². The Morgan fingerprint density at radius 2 is 1.36 bits per heavy atom. The molecule has 2 aromatic carbocycles. The largest absolute Gasteiger partial charge is 0.492 e. The van der Waals surface area contributed by atoms with Crippen LogP contribution in [0.25, 0.3) is 0 Å². The molecule has 2 aliphatic rings. The molecule has 0 aromatic heterocycles. The Balaban J connectivity index is 1.84. The highest BCUT2D eigenvalue weighted by molar-refractivity contribution is 5.53. The molecule has 3 atom stereocenters. The standard InChI is InChI=1S/C28H36N2O3/c1-27(2)18-24(31)26-23(8-7-9-25(26)33-27)28(32,19-10-14-21(15-11-19)29(3)4)20-12-16-22(17-13-20)30(5)6/h7-17,23-24,26,31-32H,18H2,1-6H3. The Hall–Kier alpha value is -2.76. The number of benzene rings is 2. The van der Waals surface area contributed by atoms with Crippen molar-refractivity contribution in [3.63, 3.8) is 0 Å². The number of hydrogen-bond donors (Lipinski definition) is 2. The third-order valence-corrected chi connectivity index (χ3v) is 6.93. The van der Waals surface area contributed by atoms with Gasteiger partial charge in [-0.05, 0) is 55.3 Å². The van der Waals surface area contributed by atoms with Crippen LogP contribution in [0.2, 0.25) is 0 Å². The number of rotatable bonds is 5. The molecular formula is C28H36N2O3. The second kappa shape index (κ2) is 8.54. The van der Waals surface area contributed by atoms with Gasteiger partial charge in [0.2, 0.25) is 0 Å². The highest BCUT2D eigenvalue weighted by atomic mass is 16.5. The summed E-state index contributed by atoms with van der Waals surface area (Å²) in [6, 6.07) is 16.0. The summed E-state index contributed by atoms with van der Waals surface area (Å²) in [5, 5.41) is 23.8. The van der Waals surface area contributed by atoms with Crippen molar-refractivity contribution in [1.29, 1.82) is 0 Å². The van der Waals surface area contributed by atoms with E-state index in [9.17, 15) is 10.2 Å². The molecule has 176 valence electrons. The second-order valence-electron chi connectivity index (χ2n) is 10.3. The molecule has 5 nitrogen and oxygen atoms in total. The van der Waals surface area contributed by atoms with Crippen LogP contribution in [-0.4, -0.2) is 50.1 Å². The molecule has 1 saturated heterocycles. The van der Waals surface area contributed by atoms with Gasteiger partial charge in [-0.1, -0.05) is 36.4 Å². The van der Waals surface area contributed by atoms with Gasteiger partial charge in [0.15, 0.2) is 0 Å². The van der Waals surface area contributed by atoms with Gasteiger partial charge in [0.25, 0.3) is 0 Å². The Morgan fingerprint density at radius 3 is 1.82 bits per heavy atom. The number of anilines is 2. The van der Waals surface area contributed by atoms with E-state index in [2.05, 4.69) is 0 Å². The van der Waals surface area contributed by atoms with Crippen LogP contribution in [0.1, 0.15) is 31.4 Å². The van der Waals surface area contributed by atoms with Crippen LogP contribution in [0, 0.1) is 11.8 Å². The van der Waals surface area contributed by atoms with Gasteiger partial charge >= 0.3 is 0 Å². The predicted octanol–water partition coefficient (Wildman–Crippen LogP) is 4.30. The summed E-state index contributed by atoms with van der Waals surface area (Å²) in [5.74, 6) is 0.00795. The Labute approximate surface area is 197 Å². The van der Waals surface area contributed by atoms with Crippen molar-refractivity contribution in [3.8, 4) is 0 Å². The molecule has 0 saturated carbocycles. The molecule has 3 unspecified atom stereocenters. The average molecular weight is 449 g/mol. The monoisotopic (exact) mass is 448 g/mol. The lowest BCUT2D eigenvalue weighted by Crippen LogP contribution is -2.50. The number of hydrogen-bond acceptors (Lipinski definition) is 5. The summed E-state index contributed by atoms with van der Waals surface area (Å²) in [4.78, 5) is 4.08. The first-order chi connectivity index (χ1) is 15.5. The quantitative estimate of drug-likeness (QED) is 0.714. The van der Waals surface area contributed by atoms with Crippen LogP contribution in [0.3, 0.4) is 0 Å². The molecule has 0 amide bonds. The van der Waals surface area contributed by atoms with Gasteiger partial charge < -0.3 is 24.7 Å². The molecular weight excluding hydrogens is 412 g/mol. The summed E-state index contributed by atoms with van der Waals surface area (Å²) in [5.41, 5.74) is 1.91. The predicted molar refractivity (Wildman–Crippen MR) is 135 cm³/mol. The van der Waals surface area contributed by atoms with E-state index in [1.165, 1.54) is 0 Å². The van der Waals surface area contributed by atoms with E-state index in [1.807, 2.05) is 119 Å². The molecule has 2 aromatic rings. The zero-order valence-electron chi connectivity index (χ0n) is 20.5. The molecule has 33 heavy (non-hydrogen) atoms. The van der Waals surface area contributed by atoms with Crippen molar-refractivity contribution in [1.82, 2.24) is 0 Å². The van der Waals surface area contributed by atoms with E-state index < -0.39 is 17.3 Å². The summed E-state index contributed by atoms with van der Waals surface area (Å²) in [7, 11) is 8.00. The summed E-state index contributed by atoms with van der Waals surface area (Å²) < 4.78 is 6.27. The second-order valence-corrected chi connectivity index (χ2v) is 10.3. The fourth-order valence-electron chi connectivity index (χ4n) is 5.18. The number of ether oxygens (including phenoxy) is 1. The molecule has 5 heteroatoms. The zero-order valence-corrected chi connectivity index (χ0v) is 20.5. The molecule has 0 radical (unpaired) electrons. The molecule has 4 rings (SSSR count). The van der Waals surface area contributed by atoms with Crippen LogP contribution >= 0.6 is 0 Å². The minimum Gasteiger partial charge on any atom is -0.492 e. The van der Waals surface area contributed by atoms with E-state index in [0.29, 0.717) is 6.42 Å². The molecule has 0 bridgehead atoms. The number of aliphatic hydroxyl groups excluding tert-OH is 1.